The second-order valence-corrected chi connectivity index (χ2v) is 6.25. The molecule has 0 N–H and O–H groups in total. The molecule has 2 aromatic carbocycles. The van der Waals surface area contributed by atoms with Crippen LogP contribution < -0.4 is 5.56 Å². The van der Waals surface area contributed by atoms with Crippen molar-refractivity contribution < 1.29 is 0 Å². The summed E-state index contributed by atoms with van der Waals surface area (Å²) in [5.74, 6) is 0. The van der Waals surface area contributed by atoms with Gasteiger partial charge in [-0.1, -0.05) is 48.0 Å². The molecule has 0 saturated carbocycles. The zero-order valence-corrected chi connectivity index (χ0v) is 14.2. The van der Waals surface area contributed by atoms with E-state index in [0.717, 1.165) is 16.8 Å². The molecule has 2 aromatic heterocycles. The van der Waals surface area contributed by atoms with Crippen LogP contribution >= 0.6 is 0 Å². The maximum atomic E-state index is 12.8. The zero-order chi connectivity index (χ0) is 17.4. The van der Waals surface area contributed by atoms with Crippen LogP contribution in [0.2, 0.25) is 0 Å². The van der Waals surface area contributed by atoms with E-state index >= 15 is 0 Å². The molecule has 0 fully saturated rings. The topological polar surface area (TPSA) is 52.7 Å². The van der Waals surface area contributed by atoms with Crippen LogP contribution in [0.1, 0.15) is 16.7 Å². The average Bonchev–Trinajstić information content (AvgIpc) is 3.03. The third kappa shape index (κ3) is 2.74. The van der Waals surface area contributed by atoms with Gasteiger partial charge in [-0.05, 0) is 31.0 Å². The summed E-state index contributed by atoms with van der Waals surface area (Å²) >= 11 is 0. The molecule has 2 heterocycles. The van der Waals surface area contributed by atoms with Crippen molar-refractivity contribution in [2.75, 3.05) is 0 Å². The fraction of sp³-hybridized carbons (Fsp3) is 0.150. The standard InChI is InChI=1S/C20H18N4O/c1-14-8-9-18(15(2)10-14)24-19-17(11-22-24)20(25)23(13-21-19)12-16-6-4-3-5-7-16/h3-11,13H,12H2,1-2H3. The van der Waals surface area contributed by atoms with Crippen molar-refractivity contribution in [3.63, 3.8) is 0 Å². The Bertz CT molecular complexity index is 1110. The molecule has 0 atom stereocenters. The van der Waals surface area contributed by atoms with Crippen LogP contribution in [0.4, 0.5) is 0 Å². The number of nitrogens with zero attached hydrogens (tertiary/aromatic N) is 4. The summed E-state index contributed by atoms with van der Waals surface area (Å²) < 4.78 is 3.35. The molecule has 0 spiro atoms. The van der Waals surface area contributed by atoms with Gasteiger partial charge in [0, 0.05) is 0 Å². The molecule has 5 heteroatoms. The molecule has 25 heavy (non-hydrogen) atoms. The lowest BCUT2D eigenvalue weighted by Gasteiger charge is -2.09. The van der Waals surface area contributed by atoms with E-state index in [9.17, 15) is 4.79 Å². The van der Waals surface area contributed by atoms with E-state index in [1.807, 2.05) is 49.4 Å². The Morgan fingerprint density at radius 1 is 1.04 bits per heavy atom. The Kier molecular flexibility index (Phi) is 3.69. The summed E-state index contributed by atoms with van der Waals surface area (Å²) in [7, 11) is 0. The van der Waals surface area contributed by atoms with Gasteiger partial charge in [0.2, 0.25) is 0 Å². The number of fused-ring (bicyclic) bond motifs is 1. The Morgan fingerprint density at radius 3 is 2.60 bits per heavy atom. The van der Waals surface area contributed by atoms with Crippen LogP contribution in [-0.2, 0) is 6.54 Å². The summed E-state index contributed by atoms with van der Waals surface area (Å²) in [5, 5.41) is 4.93. The second kappa shape index (κ2) is 6.02. The Morgan fingerprint density at radius 2 is 1.84 bits per heavy atom. The summed E-state index contributed by atoms with van der Waals surface area (Å²) in [5.41, 5.74) is 4.79. The fourth-order valence-corrected chi connectivity index (χ4v) is 3.06. The number of hydrogen-bond acceptors (Lipinski definition) is 3. The maximum absolute atomic E-state index is 12.8. The molecule has 0 radical (unpaired) electrons. The largest absolute Gasteiger partial charge is 0.294 e. The molecule has 0 saturated heterocycles. The normalized spacial score (nSPS) is 11.1. The summed E-state index contributed by atoms with van der Waals surface area (Å²) in [6.07, 6.45) is 3.20. The third-order valence-corrected chi connectivity index (χ3v) is 4.33. The van der Waals surface area contributed by atoms with Crippen LogP contribution in [0.15, 0.2) is 65.8 Å². The molecule has 4 rings (SSSR count). The van der Waals surface area contributed by atoms with Crippen molar-refractivity contribution in [1.82, 2.24) is 19.3 Å². The highest BCUT2D eigenvalue weighted by Gasteiger charge is 2.13. The second-order valence-electron chi connectivity index (χ2n) is 6.25. The van der Waals surface area contributed by atoms with Crippen LogP contribution in [0.5, 0.6) is 0 Å². The lowest BCUT2D eigenvalue weighted by molar-refractivity contribution is 0.745. The number of benzene rings is 2. The van der Waals surface area contributed by atoms with E-state index < -0.39 is 0 Å². The van der Waals surface area contributed by atoms with Crippen molar-refractivity contribution in [3.8, 4) is 5.69 Å². The van der Waals surface area contributed by atoms with E-state index in [2.05, 4.69) is 23.1 Å². The third-order valence-electron chi connectivity index (χ3n) is 4.33. The lowest BCUT2D eigenvalue weighted by Crippen LogP contribution is -2.21. The average molecular weight is 330 g/mol. The maximum Gasteiger partial charge on any atom is 0.264 e. The van der Waals surface area contributed by atoms with E-state index in [-0.39, 0.29) is 5.56 Å². The minimum absolute atomic E-state index is 0.0788. The molecule has 0 aliphatic carbocycles. The minimum atomic E-state index is -0.0788. The molecule has 5 nitrogen and oxygen atoms in total. The van der Waals surface area contributed by atoms with Crippen LogP contribution in [-0.4, -0.2) is 19.3 Å². The van der Waals surface area contributed by atoms with Gasteiger partial charge in [0.25, 0.3) is 5.56 Å². The van der Waals surface area contributed by atoms with Gasteiger partial charge in [0.15, 0.2) is 5.65 Å². The number of aryl methyl sites for hydroxylation is 2. The number of hydrogen-bond donors (Lipinski definition) is 0. The molecule has 0 amide bonds. The SMILES string of the molecule is Cc1ccc(-n2ncc3c(=O)n(Cc4ccccc4)cnc32)c(C)c1. The number of aromatic nitrogens is 4. The minimum Gasteiger partial charge on any atom is -0.294 e. The molecule has 4 aromatic rings. The number of rotatable bonds is 3. The first-order valence-electron chi connectivity index (χ1n) is 8.18. The highest BCUT2D eigenvalue weighted by molar-refractivity contribution is 5.75. The van der Waals surface area contributed by atoms with Gasteiger partial charge in [0.05, 0.1) is 18.4 Å². The Hall–Kier alpha value is -3.21. The molecule has 124 valence electrons. The van der Waals surface area contributed by atoms with Crippen LogP contribution in [0, 0.1) is 13.8 Å². The van der Waals surface area contributed by atoms with Crippen molar-refractivity contribution in [2.45, 2.75) is 20.4 Å². The first-order chi connectivity index (χ1) is 12.1. The first kappa shape index (κ1) is 15.3. The predicted molar refractivity (Wildman–Crippen MR) is 98.1 cm³/mol. The monoisotopic (exact) mass is 330 g/mol. The van der Waals surface area contributed by atoms with Gasteiger partial charge in [-0.3, -0.25) is 9.36 Å². The van der Waals surface area contributed by atoms with Gasteiger partial charge < -0.3 is 0 Å². The van der Waals surface area contributed by atoms with Crippen molar-refractivity contribution in [3.05, 3.63) is 88.1 Å². The molecular weight excluding hydrogens is 312 g/mol. The van der Waals surface area contributed by atoms with Crippen LogP contribution in [0.3, 0.4) is 0 Å². The van der Waals surface area contributed by atoms with Gasteiger partial charge in [-0.15, -0.1) is 0 Å². The van der Waals surface area contributed by atoms with Gasteiger partial charge in [0.1, 0.15) is 11.7 Å². The quantitative estimate of drug-likeness (QED) is 0.579. The zero-order valence-electron chi connectivity index (χ0n) is 14.2. The highest BCUT2D eigenvalue weighted by Crippen LogP contribution is 2.18. The summed E-state index contributed by atoms with van der Waals surface area (Å²) in [4.78, 5) is 17.3. The van der Waals surface area contributed by atoms with Gasteiger partial charge in [-0.25, -0.2) is 9.67 Å². The molecule has 0 bridgehead atoms. The van der Waals surface area contributed by atoms with Crippen molar-refractivity contribution in [1.29, 1.82) is 0 Å². The predicted octanol–water partition coefficient (Wildman–Crippen LogP) is 3.25. The molecular formula is C20H18N4O. The molecule has 0 aliphatic heterocycles. The molecule has 0 unspecified atom stereocenters. The fourth-order valence-electron chi connectivity index (χ4n) is 3.06. The smallest absolute Gasteiger partial charge is 0.264 e. The van der Waals surface area contributed by atoms with Crippen molar-refractivity contribution >= 4 is 11.0 Å². The van der Waals surface area contributed by atoms with Gasteiger partial charge in [-0.2, -0.15) is 5.10 Å². The highest BCUT2D eigenvalue weighted by atomic mass is 16.1. The first-order valence-corrected chi connectivity index (χ1v) is 8.18. The summed E-state index contributed by atoms with van der Waals surface area (Å²) in [6, 6.07) is 16.0. The van der Waals surface area contributed by atoms with Crippen LogP contribution in [0.25, 0.3) is 16.7 Å². The van der Waals surface area contributed by atoms with E-state index in [4.69, 9.17) is 0 Å². The van der Waals surface area contributed by atoms with E-state index in [1.165, 1.54) is 5.56 Å². The van der Waals surface area contributed by atoms with Crippen molar-refractivity contribution in [2.24, 2.45) is 0 Å². The van der Waals surface area contributed by atoms with Gasteiger partial charge >= 0.3 is 0 Å². The Labute approximate surface area is 145 Å². The van der Waals surface area contributed by atoms with E-state index in [0.29, 0.717) is 17.6 Å². The molecule has 0 aliphatic rings. The lowest BCUT2D eigenvalue weighted by atomic mass is 10.1. The van der Waals surface area contributed by atoms with E-state index in [1.54, 1.807) is 21.8 Å². The summed E-state index contributed by atoms with van der Waals surface area (Å²) in [6.45, 7) is 4.59. The Balaban J connectivity index is 1.81.